The van der Waals surface area contributed by atoms with Crippen molar-refractivity contribution in [3.05, 3.63) is 42.1 Å². The zero-order valence-electron chi connectivity index (χ0n) is 13.5. The van der Waals surface area contributed by atoms with Gasteiger partial charge < -0.3 is 15.0 Å². The van der Waals surface area contributed by atoms with Crippen molar-refractivity contribution in [3.8, 4) is 17.0 Å². The van der Waals surface area contributed by atoms with E-state index in [9.17, 15) is 4.39 Å². The highest BCUT2D eigenvalue weighted by atomic mass is 19.1. The highest BCUT2D eigenvalue weighted by Gasteiger charge is 2.20. The molecule has 24 heavy (non-hydrogen) atoms. The highest BCUT2D eigenvalue weighted by Crippen LogP contribution is 2.35. The summed E-state index contributed by atoms with van der Waals surface area (Å²) in [5, 5.41) is 4.27. The minimum absolute atomic E-state index is 0.313. The molecule has 3 heterocycles. The molecule has 3 aromatic rings. The summed E-state index contributed by atoms with van der Waals surface area (Å²) in [6, 6.07) is 6.57. The van der Waals surface area contributed by atoms with E-state index in [0.717, 1.165) is 37.0 Å². The summed E-state index contributed by atoms with van der Waals surface area (Å²) in [7, 11) is 1.58. The van der Waals surface area contributed by atoms with Gasteiger partial charge >= 0.3 is 0 Å². The maximum absolute atomic E-state index is 13.8. The number of halogens is 1. The molecule has 1 aliphatic rings. The Balaban J connectivity index is 1.84. The first-order valence-corrected chi connectivity index (χ1v) is 8.14. The van der Waals surface area contributed by atoms with Gasteiger partial charge in [0.05, 0.1) is 12.8 Å². The van der Waals surface area contributed by atoms with Crippen LogP contribution in [0.25, 0.3) is 22.3 Å². The van der Waals surface area contributed by atoms with Gasteiger partial charge in [0, 0.05) is 22.6 Å². The van der Waals surface area contributed by atoms with E-state index < -0.39 is 0 Å². The van der Waals surface area contributed by atoms with E-state index in [4.69, 9.17) is 4.74 Å². The van der Waals surface area contributed by atoms with Crippen LogP contribution in [0.2, 0.25) is 0 Å². The van der Waals surface area contributed by atoms with Crippen LogP contribution in [0.1, 0.15) is 24.5 Å². The number of hydrogen-bond donors (Lipinski definition) is 2. The quantitative estimate of drug-likeness (QED) is 0.775. The Kier molecular flexibility index (Phi) is 3.90. The SMILES string of the molecule is COc1ccc(F)cc1-c1ncnc2[nH]c(C3CCNCC3)cc12. The van der Waals surface area contributed by atoms with Crippen LogP contribution in [0, 0.1) is 5.82 Å². The van der Waals surface area contributed by atoms with Crippen LogP contribution < -0.4 is 10.1 Å². The molecule has 0 unspecified atom stereocenters. The zero-order valence-corrected chi connectivity index (χ0v) is 13.5. The highest BCUT2D eigenvalue weighted by molar-refractivity contribution is 5.92. The Morgan fingerprint density at radius 3 is 2.79 bits per heavy atom. The van der Waals surface area contributed by atoms with Crippen molar-refractivity contribution in [1.82, 2.24) is 20.3 Å². The maximum Gasteiger partial charge on any atom is 0.141 e. The molecule has 0 aliphatic carbocycles. The fraction of sp³-hybridized carbons (Fsp3) is 0.333. The molecule has 0 radical (unpaired) electrons. The number of nitrogens with zero attached hydrogens (tertiary/aromatic N) is 2. The number of rotatable bonds is 3. The third-order valence-electron chi connectivity index (χ3n) is 4.64. The van der Waals surface area contributed by atoms with Crippen molar-refractivity contribution in [3.63, 3.8) is 0 Å². The van der Waals surface area contributed by atoms with Gasteiger partial charge in [0.1, 0.15) is 23.5 Å². The minimum atomic E-state index is -0.313. The fourth-order valence-electron chi connectivity index (χ4n) is 3.39. The van der Waals surface area contributed by atoms with Crippen molar-refractivity contribution in [2.24, 2.45) is 0 Å². The number of aromatic amines is 1. The number of nitrogens with one attached hydrogen (secondary N) is 2. The normalized spacial score (nSPS) is 15.8. The van der Waals surface area contributed by atoms with Crippen LogP contribution in [0.4, 0.5) is 4.39 Å². The van der Waals surface area contributed by atoms with Crippen molar-refractivity contribution < 1.29 is 9.13 Å². The predicted octanol–water partition coefficient (Wildman–Crippen LogP) is 3.24. The molecular formula is C18H19FN4O. The van der Waals surface area contributed by atoms with E-state index in [1.165, 1.54) is 24.2 Å². The van der Waals surface area contributed by atoms with Crippen LogP contribution in [0.3, 0.4) is 0 Å². The van der Waals surface area contributed by atoms with E-state index in [0.29, 0.717) is 22.9 Å². The smallest absolute Gasteiger partial charge is 0.141 e. The second-order valence-electron chi connectivity index (χ2n) is 6.08. The van der Waals surface area contributed by atoms with Crippen molar-refractivity contribution in [2.45, 2.75) is 18.8 Å². The first-order chi connectivity index (χ1) is 11.8. The van der Waals surface area contributed by atoms with Crippen LogP contribution in [-0.4, -0.2) is 35.2 Å². The average Bonchev–Trinajstić information content (AvgIpc) is 3.06. The third kappa shape index (κ3) is 2.63. The predicted molar refractivity (Wildman–Crippen MR) is 90.7 cm³/mol. The molecule has 4 rings (SSSR count). The van der Waals surface area contributed by atoms with Gasteiger partial charge in [-0.15, -0.1) is 0 Å². The third-order valence-corrected chi connectivity index (χ3v) is 4.64. The van der Waals surface area contributed by atoms with E-state index in [2.05, 4.69) is 26.3 Å². The maximum atomic E-state index is 13.8. The van der Waals surface area contributed by atoms with Gasteiger partial charge in [-0.05, 0) is 50.2 Å². The summed E-state index contributed by atoms with van der Waals surface area (Å²) < 4.78 is 19.1. The molecule has 0 saturated carbocycles. The molecule has 5 nitrogen and oxygen atoms in total. The van der Waals surface area contributed by atoms with Crippen molar-refractivity contribution >= 4 is 11.0 Å². The van der Waals surface area contributed by atoms with Crippen LogP contribution in [0.5, 0.6) is 5.75 Å². The first-order valence-electron chi connectivity index (χ1n) is 8.14. The molecular weight excluding hydrogens is 307 g/mol. The number of H-pyrrole nitrogens is 1. The van der Waals surface area contributed by atoms with Crippen LogP contribution in [0.15, 0.2) is 30.6 Å². The van der Waals surface area contributed by atoms with Gasteiger partial charge in [-0.3, -0.25) is 0 Å². The molecule has 1 aromatic carbocycles. The molecule has 1 fully saturated rings. The summed E-state index contributed by atoms with van der Waals surface area (Å²) in [5.74, 6) is 0.774. The molecule has 1 saturated heterocycles. The molecule has 0 amide bonds. The molecule has 0 spiro atoms. The van der Waals surface area contributed by atoms with E-state index in [1.807, 2.05) is 0 Å². The van der Waals surface area contributed by atoms with Crippen molar-refractivity contribution in [1.29, 1.82) is 0 Å². The van der Waals surface area contributed by atoms with Gasteiger partial charge in [0.25, 0.3) is 0 Å². The first kappa shape index (κ1) is 15.1. The molecule has 2 aromatic heterocycles. The monoisotopic (exact) mass is 326 g/mol. The second kappa shape index (κ2) is 6.20. The number of aromatic nitrogens is 3. The molecule has 6 heteroatoms. The van der Waals surface area contributed by atoms with Gasteiger partial charge in [-0.2, -0.15) is 0 Å². The summed E-state index contributed by atoms with van der Waals surface area (Å²) in [5.41, 5.74) is 3.28. The fourth-order valence-corrected chi connectivity index (χ4v) is 3.39. The molecule has 0 atom stereocenters. The number of benzene rings is 1. The van der Waals surface area contributed by atoms with Gasteiger partial charge in [-0.1, -0.05) is 0 Å². The topological polar surface area (TPSA) is 62.8 Å². The Morgan fingerprint density at radius 1 is 1.17 bits per heavy atom. The largest absolute Gasteiger partial charge is 0.496 e. The number of methoxy groups -OCH3 is 1. The summed E-state index contributed by atoms with van der Waals surface area (Å²) in [4.78, 5) is 12.2. The van der Waals surface area contributed by atoms with Crippen LogP contribution >= 0.6 is 0 Å². The summed E-state index contributed by atoms with van der Waals surface area (Å²) in [6.45, 7) is 2.05. The molecule has 124 valence electrons. The van der Waals surface area contributed by atoms with E-state index in [-0.39, 0.29) is 5.82 Å². The lowest BCUT2D eigenvalue weighted by atomic mass is 9.94. The Bertz CT molecular complexity index is 871. The minimum Gasteiger partial charge on any atom is -0.496 e. The molecule has 1 aliphatic heterocycles. The zero-order chi connectivity index (χ0) is 16.5. The number of piperidine rings is 1. The van der Waals surface area contributed by atoms with Gasteiger partial charge in [0.2, 0.25) is 0 Å². The number of ether oxygens (including phenoxy) is 1. The van der Waals surface area contributed by atoms with Gasteiger partial charge in [0.15, 0.2) is 0 Å². The summed E-state index contributed by atoms with van der Waals surface area (Å²) in [6.07, 6.45) is 3.70. The lowest BCUT2D eigenvalue weighted by molar-refractivity contribution is 0.415. The number of fused-ring (bicyclic) bond motifs is 1. The van der Waals surface area contributed by atoms with Crippen LogP contribution in [-0.2, 0) is 0 Å². The molecule has 0 bridgehead atoms. The van der Waals surface area contributed by atoms with Crippen molar-refractivity contribution in [2.75, 3.05) is 20.2 Å². The Labute approximate surface area is 139 Å². The Morgan fingerprint density at radius 2 is 2.00 bits per heavy atom. The Hall–Kier alpha value is -2.47. The average molecular weight is 326 g/mol. The van der Waals surface area contributed by atoms with E-state index in [1.54, 1.807) is 13.2 Å². The second-order valence-corrected chi connectivity index (χ2v) is 6.08. The lowest BCUT2D eigenvalue weighted by Gasteiger charge is -2.21. The standard InChI is InChI=1S/C18H19FN4O/c1-24-16-3-2-12(19)8-13(16)17-14-9-15(11-4-6-20-7-5-11)23-18(14)22-10-21-17/h2-3,8-11,20H,4-7H2,1H3,(H,21,22,23). The van der Waals surface area contributed by atoms with Gasteiger partial charge in [-0.25, -0.2) is 14.4 Å². The van der Waals surface area contributed by atoms with E-state index >= 15 is 0 Å². The summed E-state index contributed by atoms with van der Waals surface area (Å²) >= 11 is 0. The number of hydrogen-bond acceptors (Lipinski definition) is 4. The molecule has 2 N–H and O–H groups in total. The lowest BCUT2D eigenvalue weighted by Crippen LogP contribution is -2.26.